The molecule has 1 atom stereocenters. The normalized spacial score (nSPS) is 21.3. The molecular formula is C12H13FO6S2. The Morgan fingerprint density at radius 2 is 2.00 bits per heavy atom. The summed E-state index contributed by atoms with van der Waals surface area (Å²) >= 11 is 0. The van der Waals surface area contributed by atoms with Crippen LogP contribution in [-0.2, 0) is 19.7 Å². The van der Waals surface area contributed by atoms with Crippen molar-refractivity contribution >= 4 is 25.6 Å². The summed E-state index contributed by atoms with van der Waals surface area (Å²) in [5.74, 6) is -3.16. The van der Waals surface area contributed by atoms with Gasteiger partial charge in [-0.1, -0.05) is 0 Å². The highest BCUT2D eigenvalue weighted by atomic mass is 32.2. The molecule has 1 saturated heterocycles. The van der Waals surface area contributed by atoms with Crippen molar-refractivity contribution in [2.75, 3.05) is 11.5 Å². The lowest BCUT2D eigenvalue weighted by molar-refractivity contribution is 0.0696. The maximum absolute atomic E-state index is 13.7. The third kappa shape index (κ3) is 2.93. The summed E-state index contributed by atoms with van der Waals surface area (Å²) in [6, 6.07) is 1.61. The highest BCUT2D eigenvalue weighted by Gasteiger charge is 2.39. The van der Waals surface area contributed by atoms with E-state index in [2.05, 4.69) is 0 Å². The minimum Gasteiger partial charge on any atom is -0.478 e. The molecule has 2 rings (SSSR count). The number of sulfone groups is 2. The Morgan fingerprint density at radius 1 is 1.38 bits per heavy atom. The summed E-state index contributed by atoms with van der Waals surface area (Å²) in [6.07, 6.45) is -0.0664. The summed E-state index contributed by atoms with van der Waals surface area (Å²) in [7, 11) is -7.53. The van der Waals surface area contributed by atoms with Crippen LogP contribution in [0.3, 0.4) is 0 Å². The number of carboxylic acids is 1. The molecule has 0 aliphatic carbocycles. The van der Waals surface area contributed by atoms with Crippen LogP contribution in [0.5, 0.6) is 0 Å². The quantitative estimate of drug-likeness (QED) is 0.875. The van der Waals surface area contributed by atoms with E-state index < -0.39 is 52.9 Å². The van der Waals surface area contributed by atoms with Gasteiger partial charge in [-0.3, -0.25) is 0 Å². The summed E-state index contributed by atoms with van der Waals surface area (Å²) in [5, 5.41) is 7.72. The molecule has 1 aromatic carbocycles. The topological polar surface area (TPSA) is 106 Å². The van der Waals surface area contributed by atoms with Gasteiger partial charge in [0.05, 0.1) is 27.2 Å². The van der Waals surface area contributed by atoms with Gasteiger partial charge in [0.1, 0.15) is 5.82 Å². The Hall–Kier alpha value is -1.48. The lowest BCUT2D eigenvalue weighted by atomic mass is 10.1. The van der Waals surface area contributed by atoms with Gasteiger partial charge < -0.3 is 5.11 Å². The predicted octanol–water partition coefficient (Wildman–Crippen LogP) is 0.793. The van der Waals surface area contributed by atoms with Crippen molar-refractivity contribution in [2.45, 2.75) is 23.5 Å². The fourth-order valence-corrected chi connectivity index (χ4v) is 6.89. The molecule has 0 spiro atoms. The minimum absolute atomic E-state index is 0.0664. The van der Waals surface area contributed by atoms with Crippen LogP contribution in [0, 0.1) is 12.7 Å². The molecule has 1 N–H and O–H groups in total. The first-order valence-electron chi connectivity index (χ1n) is 6.02. The largest absolute Gasteiger partial charge is 0.478 e. The van der Waals surface area contributed by atoms with Gasteiger partial charge in [0.2, 0.25) is 0 Å². The number of benzene rings is 1. The highest BCUT2D eigenvalue weighted by molar-refractivity contribution is 7.96. The van der Waals surface area contributed by atoms with E-state index in [1.807, 2.05) is 0 Å². The minimum atomic E-state index is -4.10. The predicted molar refractivity (Wildman–Crippen MR) is 72.3 cm³/mol. The van der Waals surface area contributed by atoms with Crippen LogP contribution in [0.15, 0.2) is 17.0 Å². The molecule has 1 unspecified atom stereocenters. The molecule has 0 amide bonds. The number of carboxylic acid groups (broad SMARTS) is 1. The van der Waals surface area contributed by atoms with Crippen molar-refractivity contribution in [3.05, 3.63) is 29.1 Å². The Labute approximate surface area is 121 Å². The summed E-state index contributed by atoms with van der Waals surface area (Å²) in [5.41, 5.74) is -0.693. The maximum atomic E-state index is 13.7. The summed E-state index contributed by atoms with van der Waals surface area (Å²) < 4.78 is 61.4. The van der Waals surface area contributed by atoms with E-state index in [-0.39, 0.29) is 17.7 Å². The highest BCUT2D eigenvalue weighted by Crippen LogP contribution is 2.29. The molecule has 0 aromatic heterocycles. The first-order valence-corrected chi connectivity index (χ1v) is 9.39. The zero-order valence-electron chi connectivity index (χ0n) is 11.0. The second-order valence-electron chi connectivity index (χ2n) is 4.96. The first kappa shape index (κ1) is 15.9. The van der Waals surface area contributed by atoms with E-state index >= 15 is 0 Å². The zero-order chi connectivity index (χ0) is 16.0. The standard InChI is InChI=1S/C12H13FO6S2/c1-7-10(13)4-8(12(14)15)5-11(7)21(18,19)9-2-3-20(16,17)6-9/h4-5,9H,2-3,6H2,1H3,(H,14,15). The molecule has 0 radical (unpaired) electrons. The van der Waals surface area contributed by atoms with Crippen LogP contribution >= 0.6 is 0 Å². The van der Waals surface area contributed by atoms with Crippen molar-refractivity contribution in [1.29, 1.82) is 0 Å². The number of hydrogen-bond acceptors (Lipinski definition) is 5. The van der Waals surface area contributed by atoms with Crippen molar-refractivity contribution in [3.8, 4) is 0 Å². The third-order valence-electron chi connectivity index (χ3n) is 3.48. The second kappa shape index (κ2) is 5.06. The van der Waals surface area contributed by atoms with Crippen molar-refractivity contribution < 1.29 is 31.1 Å². The Bertz CT molecular complexity index is 810. The summed E-state index contributed by atoms with van der Waals surface area (Å²) in [6.45, 7) is 1.22. The fourth-order valence-electron chi connectivity index (χ4n) is 2.26. The number of aromatic carboxylic acids is 1. The van der Waals surface area contributed by atoms with E-state index in [0.29, 0.717) is 0 Å². The third-order valence-corrected chi connectivity index (χ3v) is 7.78. The van der Waals surface area contributed by atoms with Crippen molar-refractivity contribution in [2.24, 2.45) is 0 Å². The molecule has 1 fully saturated rings. The zero-order valence-corrected chi connectivity index (χ0v) is 12.7. The molecule has 9 heteroatoms. The van der Waals surface area contributed by atoms with Gasteiger partial charge in [0.15, 0.2) is 19.7 Å². The van der Waals surface area contributed by atoms with Crippen LogP contribution in [0.2, 0.25) is 0 Å². The molecule has 1 aliphatic rings. The molecule has 1 aromatic rings. The SMILES string of the molecule is Cc1c(F)cc(C(=O)O)cc1S(=O)(=O)C1CCS(=O)(=O)C1. The van der Waals surface area contributed by atoms with E-state index in [9.17, 15) is 26.0 Å². The number of halogens is 1. The molecule has 21 heavy (non-hydrogen) atoms. The van der Waals surface area contributed by atoms with Gasteiger partial charge in [-0.05, 0) is 25.5 Å². The smallest absolute Gasteiger partial charge is 0.335 e. The van der Waals surface area contributed by atoms with Gasteiger partial charge in [-0.15, -0.1) is 0 Å². The van der Waals surface area contributed by atoms with Crippen LogP contribution < -0.4 is 0 Å². The Kier molecular flexibility index (Phi) is 3.83. The molecule has 0 saturated carbocycles. The van der Waals surface area contributed by atoms with Crippen molar-refractivity contribution in [1.82, 2.24) is 0 Å². The van der Waals surface area contributed by atoms with Gasteiger partial charge in [0.25, 0.3) is 0 Å². The van der Waals surface area contributed by atoms with E-state index in [4.69, 9.17) is 5.11 Å². The molecule has 1 aliphatic heterocycles. The Balaban J connectivity index is 2.58. The molecular weight excluding hydrogens is 323 g/mol. The van der Waals surface area contributed by atoms with Gasteiger partial charge in [-0.2, -0.15) is 0 Å². The van der Waals surface area contributed by atoms with Crippen LogP contribution in [0.4, 0.5) is 4.39 Å². The second-order valence-corrected chi connectivity index (χ2v) is 9.38. The van der Waals surface area contributed by atoms with Gasteiger partial charge in [-0.25, -0.2) is 26.0 Å². The summed E-state index contributed by atoms with van der Waals surface area (Å²) in [4.78, 5) is 10.5. The molecule has 0 bridgehead atoms. The van der Waals surface area contributed by atoms with Crippen LogP contribution in [0.1, 0.15) is 22.3 Å². The number of rotatable bonds is 3. The average Bonchev–Trinajstić information content (AvgIpc) is 2.73. The maximum Gasteiger partial charge on any atom is 0.335 e. The van der Waals surface area contributed by atoms with Gasteiger partial charge >= 0.3 is 5.97 Å². The van der Waals surface area contributed by atoms with Crippen molar-refractivity contribution in [3.63, 3.8) is 0 Å². The fraction of sp³-hybridized carbons (Fsp3) is 0.417. The van der Waals surface area contributed by atoms with Gasteiger partial charge in [0, 0.05) is 5.56 Å². The molecule has 6 nitrogen and oxygen atoms in total. The monoisotopic (exact) mass is 336 g/mol. The van der Waals surface area contributed by atoms with Crippen LogP contribution in [-0.4, -0.2) is 44.7 Å². The lowest BCUT2D eigenvalue weighted by Crippen LogP contribution is -2.24. The molecule has 1 heterocycles. The first-order chi connectivity index (χ1) is 9.54. The van der Waals surface area contributed by atoms with Crippen LogP contribution in [0.25, 0.3) is 0 Å². The van der Waals surface area contributed by atoms with E-state index in [1.165, 1.54) is 6.92 Å². The molecule has 116 valence electrons. The average molecular weight is 336 g/mol. The van der Waals surface area contributed by atoms with E-state index in [1.54, 1.807) is 0 Å². The number of hydrogen-bond donors (Lipinski definition) is 1. The van der Waals surface area contributed by atoms with E-state index in [0.717, 1.165) is 12.1 Å². The lowest BCUT2D eigenvalue weighted by Gasteiger charge is -2.13. The Morgan fingerprint density at radius 3 is 2.48 bits per heavy atom. The number of carbonyl (C=O) groups is 1.